The van der Waals surface area contributed by atoms with E-state index in [4.69, 9.17) is 10.2 Å². The first-order chi connectivity index (χ1) is 9.27. The van der Waals surface area contributed by atoms with Crippen molar-refractivity contribution in [1.29, 1.82) is 0 Å². The lowest BCUT2D eigenvalue weighted by atomic mass is 10.1. The van der Waals surface area contributed by atoms with E-state index in [1.807, 2.05) is 0 Å². The molecule has 2 amide bonds. The van der Waals surface area contributed by atoms with Crippen LogP contribution in [0.1, 0.15) is 33.1 Å². The molecule has 0 rings (SSSR count). The third kappa shape index (κ3) is 7.34. The van der Waals surface area contributed by atoms with Gasteiger partial charge in [-0.2, -0.15) is 0 Å². The highest BCUT2D eigenvalue weighted by Gasteiger charge is 2.20. The molecule has 0 aromatic rings. The first-order valence-electron chi connectivity index (χ1n) is 6.29. The minimum atomic E-state index is -1.17. The second-order valence-electron chi connectivity index (χ2n) is 4.42. The van der Waals surface area contributed by atoms with Crippen molar-refractivity contribution in [2.24, 2.45) is 5.92 Å². The van der Waals surface area contributed by atoms with Crippen LogP contribution in [0.15, 0.2) is 0 Å². The molecule has 0 radical (unpaired) electrons. The maximum atomic E-state index is 11.6. The SMILES string of the molecule is CCC(NC(=O)CCC(C)C(=O)O)C(=O)NCC(=O)O. The molecule has 8 nitrogen and oxygen atoms in total. The van der Waals surface area contributed by atoms with Crippen LogP contribution in [0.2, 0.25) is 0 Å². The third-order valence-corrected chi connectivity index (χ3v) is 2.70. The molecular weight excluding hydrogens is 268 g/mol. The lowest BCUT2D eigenvalue weighted by Gasteiger charge is -2.16. The van der Waals surface area contributed by atoms with E-state index in [0.717, 1.165) is 0 Å². The molecule has 8 heteroatoms. The molecule has 0 heterocycles. The van der Waals surface area contributed by atoms with Gasteiger partial charge in [0.2, 0.25) is 11.8 Å². The highest BCUT2D eigenvalue weighted by molar-refractivity contribution is 5.89. The van der Waals surface area contributed by atoms with Crippen LogP contribution in [-0.4, -0.2) is 46.6 Å². The Morgan fingerprint density at radius 1 is 1.15 bits per heavy atom. The van der Waals surface area contributed by atoms with E-state index in [2.05, 4.69) is 10.6 Å². The van der Waals surface area contributed by atoms with Crippen molar-refractivity contribution >= 4 is 23.8 Å². The summed E-state index contributed by atoms with van der Waals surface area (Å²) in [6, 6.07) is -0.818. The first kappa shape index (κ1) is 17.9. The van der Waals surface area contributed by atoms with Crippen LogP contribution in [0.3, 0.4) is 0 Å². The van der Waals surface area contributed by atoms with E-state index < -0.39 is 42.3 Å². The zero-order valence-electron chi connectivity index (χ0n) is 11.5. The van der Waals surface area contributed by atoms with E-state index in [0.29, 0.717) is 6.42 Å². The highest BCUT2D eigenvalue weighted by Crippen LogP contribution is 2.05. The number of amides is 2. The smallest absolute Gasteiger partial charge is 0.322 e. The Labute approximate surface area is 116 Å². The van der Waals surface area contributed by atoms with Gasteiger partial charge in [0.1, 0.15) is 12.6 Å². The maximum Gasteiger partial charge on any atom is 0.322 e. The molecule has 0 saturated heterocycles. The molecule has 0 aliphatic rings. The Bertz CT molecular complexity index is 382. The Hall–Kier alpha value is -2.12. The summed E-state index contributed by atoms with van der Waals surface area (Å²) in [5.74, 6) is -3.80. The van der Waals surface area contributed by atoms with Crippen molar-refractivity contribution in [3.63, 3.8) is 0 Å². The predicted molar refractivity (Wildman–Crippen MR) is 68.9 cm³/mol. The molecule has 0 fully saturated rings. The molecule has 20 heavy (non-hydrogen) atoms. The van der Waals surface area contributed by atoms with E-state index in [1.165, 1.54) is 6.92 Å². The van der Waals surface area contributed by atoms with Crippen LogP contribution >= 0.6 is 0 Å². The number of carboxylic acids is 2. The number of carbonyl (C=O) groups excluding carboxylic acids is 2. The Morgan fingerprint density at radius 3 is 2.20 bits per heavy atom. The van der Waals surface area contributed by atoms with Crippen LogP contribution in [0, 0.1) is 5.92 Å². The maximum absolute atomic E-state index is 11.6. The number of carboxylic acid groups (broad SMARTS) is 2. The van der Waals surface area contributed by atoms with E-state index in [9.17, 15) is 19.2 Å². The van der Waals surface area contributed by atoms with Crippen molar-refractivity contribution in [3.05, 3.63) is 0 Å². The zero-order valence-corrected chi connectivity index (χ0v) is 11.5. The van der Waals surface area contributed by atoms with E-state index >= 15 is 0 Å². The van der Waals surface area contributed by atoms with Gasteiger partial charge in [0, 0.05) is 6.42 Å². The van der Waals surface area contributed by atoms with Crippen molar-refractivity contribution in [3.8, 4) is 0 Å². The fourth-order valence-electron chi connectivity index (χ4n) is 1.38. The number of hydrogen-bond donors (Lipinski definition) is 4. The van der Waals surface area contributed by atoms with Crippen molar-refractivity contribution < 1.29 is 29.4 Å². The molecule has 114 valence electrons. The fourth-order valence-corrected chi connectivity index (χ4v) is 1.38. The van der Waals surface area contributed by atoms with E-state index in [1.54, 1.807) is 6.92 Å². The molecule has 0 bridgehead atoms. The molecule has 2 atom stereocenters. The summed E-state index contributed by atoms with van der Waals surface area (Å²) < 4.78 is 0. The molecule has 0 aliphatic heterocycles. The summed E-state index contributed by atoms with van der Waals surface area (Å²) in [7, 11) is 0. The summed E-state index contributed by atoms with van der Waals surface area (Å²) in [6.07, 6.45) is 0.482. The summed E-state index contributed by atoms with van der Waals surface area (Å²) in [4.78, 5) is 44.1. The van der Waals surface area contributed by atoms with E-state index in [-0.39, 0.29) is 12.8 Å². The molecule has 4 N–H and O–H groups in total. The van der Waals surface area contributed by atoms with Gasteiger partial charge in [-0.3, -0.25) is 19.2 Å². The number of carbonyl (C=O) groups is 4. The molecule has 2 unspecified atom stereocenters. The minimum absolute atomic E-state index is 0.00379. The lowest BCUT2D eigenvalue weighted by molar-refractivity contribution is -0.141. The highest BCUT2D eigenvalue weighted by atomic mass is 16.4. The molecule has 0 saturated carbocycles. The topological polar surface area (TPSA) is 133 Å². The normalized spacial score (nSPS) is 13.1. The molecule has 0 spiro atoms. The standard InChI is InChI=1S/C12H20N2O6/c1-3-8(11(18)13-6-10(16)17)14-9(15)5-4-7(2)12(19)20/h7-8H,3-6H2,1-2H3,(H,13,18)(H,14,15)(H,16,17)(H,19,20). The Balaban J connectivity index is 4.21. The Morgan fingerprint density at radius 2 is 1.75 bits per heavy atom. The van der Waals surface area contributed by atoms with Crippen LogP contribution in [0.4, 0.5) is 0 Å². The average Bonchev–Trinajstić information content (AvgIpc) is 2.38. The van der Waals surface area contributed by atoms with Gasteiger partial charge in [-0.25, -0.2) is 0 Å². The Kier molecular flexibility index (Phi) is 7.95. The summed E-state index contributed by atoms with van der Waals surface area (Å²) in [5.41, 5.74) is 0. The second-order valence-corrected chi connectivity index (χ2v) is 4.42. The van der Waals surface area contributed by atoms with Gasteiger partial charge in [0.05, 0.1) is 5.92 Å². The molecular formula is C12H20N2O6. The number of aliphatic carboxylic acids is 2. The van der Waals surface area contributed by atoms with Crippen LogP contribution < -0.4 is 10.6 Å². The third-order valence-electron chi connectivity index (χ3n) is 2.70. The lowest BCUT2D eigenvalue weighted by Crippen LogP contribution is -2.47. The predicted octanol–water partition coefficient (Wildman–Crippen LogP) is -0.417. The second kappa shape index (κ2) is 8.89. The molecule has 0 aromatic carbocycles. The van der Waals surface area contributed by atoms with Gasteiger partial charge in [-0.15, -0.1) is 0 Å². The molecule has 0 aromatic heterocycles. The number of nitrogens with one attached hydrogen (secondary N) is 2. The van der Waals surface area contributed by atoms with Crippen LogP contribution in [0.25, 0.3) is 0 Å². The summed E-state index contributed by atoms with van der Waals surface area (Å²) in [5, 5.41) is 21.7. The zero-order chi connectivity index (χ0) is 15.7. The number of rotatable bonds is 9. The average molecular weight is 288 g/mol. The van der Waals surface area contributed by atoms with Gasteiger partial charge in [-0.05, 0) is 12.8 Å². The largest absolute Gasteiger partial charge is 0.481 e. The first-order valence-corrected chi connectivity index (χ1v) is 6.29. The van der Waals surface area contributed by atoms with Crippen molar-refractivity contribution in [2.45, 2.75) is 39.2 Å². The number of hydrogen-bond acceptors (Lipinski definition) is 4. The quantitative estimate of drug-likeness (QED) is 0.455. The summed E-state index contributed by atoms with van der Waals surface area (Å²) in [6.45, 7) is 2.65. The molecule has 0 aliphatic carbocycles. The fraction of sp³-hybridized carbons (Fsp3) is 0.667. The van der Waals surface area contributed by atoms with Gasteiger partial charge >= 0.3 is 11.9 Å². The van der Waals surface area contributed by atoms with Gasteiger partial charge in [-0.1, -0.05) is 13.8 Å². The van der Waals surface area contributed by atoms with Crippen molar-refractivity contribution in [1.82, 2.24) is 10.6 Å². The summed E-state index contributed by atoms with van der Waals surface area (Å²) >= 11 is 0. The monoisotopic (exact) mass is 288 g/mol. The minimum Gasteiger partial charge on any atom is -0.481 e. The van der Waals surface area contributed by atoms with Gasteiger partial charge in [0.25, 0.3) is 0 Å². The van der Waals surface area contributed by atoms with Crippen molar-refractivity contribution in [2.75, 3.05) is 6.54 Å². The van der Waals surface area contributed by atoms with Gasteiger partial charge < -0.3 is 20.8 Å². The van der Waals surface area contributed by atoms with Crippen LogP contribution in [-0.2, 0) is 19.2 Å². The van der Waals surface area contributed by atoms with Crippen LogP contribution in [0.5, 0.6) is 0 Å². The van der Waals surface area contributed by atoms with Gasteiger partial charge in [0.15, 0.2) is 0 Å².